The highest BCUT2D eigenvalue weighted by molar-refractivity contribution is 8.00. The molecule has 0 bridgehead atoms. The number of hydrogen-bond donors (Lipinski definition) is 2. The Labute approximate surface area is 257 Å². The molecule has 0 aliphatic carbocycles. The molecule has 9 nitrogen and oxygen atoms in total. The van der Waals surface area contributed by atoms with Gasteiger partial charge in [0.1, 0.15) is 11.8 Å². The fourth-order valence-electron chi connectivity index (χ4n) is 5.22. The Kier molecular flexibility index (Phi) is 7.52. The van der Waals surface area contributed by atoms with Gasteiger partial charge in [-0.15, -0.1) is 0 Å². The molecule has 3 aromatic carbocycles. The van der Waals surface area contributed by atoms with Gasteiger partial charge in [-0.3, -0.25) is 23.7 Å². The average molecular weight is 643 g/mol. The quantitative estimate of drug-likeness (QED) is 0.272. The van der Waals surface area contributed by atoms with Crippen molar-refractivity contribution in [1.29, 1.82) is 0 Å². The van der Waals surface area contributed by atoms with E-state index in [1.807, 2.05) is 0 Å². The number of thioether (sulfide) groups is 1. The first kappa shape index (κ1) is 28.4. The largest absolute Gasteiger partial charge is 0.504 e. The number of phenols is 1. The summed E-state index contributed by atoms with van der Waals surface area (Å²) < 4.78 is 6.65. The molecular weight excluding hydrogens is 621 g/mol. The summed E-state index contributed by atoms with van der Waals surface area (Å²) in [4.78, 5) is 55.4. The minimum atomic E-state index is -0.870. The van der Waals surface area contributed by atoms with Gasteiger partial charge in [-0.2, -0.15) is 0 Å². The van der Waals surface area contributed by atoms with Crippen molar-refractivity contribution in [3.63, 3.8) is 0 Å². The number of aromatic hydroxyl groups is 1. The molecule has 3 atom stereocenters. The van der Waals surface area contributed by atoms with Crippen LogP contribution in [0.5, 0.6) is 11.5 Å². The third kappa shape index (κ3) is 4.96. The van der Waals surface area contributed by atoms with Crippen LogP contribution in [0.4, 0.5) is 11.4 Å². The van der Waals surface area contributed by atoms with Crippen molar-refractivity contribution in [2.24, 2.45) is 5.92 Å². The number of methoxy groups -OCH3 is 1. The minimum absolute atomic E-state index is 0.0931. The monoisotopic (exact) mass is 641 g/mol. The smallest absolute Gasteiger partial charge is 0.308 e. The second-order valence-electron chi connectivity index (χ2n) is 9.64. The number of amides is 3. The number of benzene rings is 3. The van der Waals surface area contributed by atoms with Gasteiger partial charge in [0.05, 0.1) is 23.7 Å². The molecule has 3 amide bonds. The van der Waals surface area contributed by atoms with Crippen LogP contribution in [0, 0.1) is 5.92 Å². The Morgan fingerprint density at radius 2 is 1.64 bits per heavy atom. The topological polar surface area (TPSA) is 118 Å². The molecule has 0 unspecified atom stereocenters. The summed E-state index contributed by atoms with van der Waals surface area (Å²) in [5.41, 5.74) is 1.48. The molecule has 1 aromatic heterocycles. The summed E-state index contributed by atoms with van der Waals surface area (Å²) in [6, 6.07) is 17.7. The van der Waals surface area contributed by atoms with Gasteiger partial charge in [0, 0.05) is 26.5 Å². The number of carbonyl (C=O) groups excluding carboxylic acids is 3. The van der Waals surface area contributed by atoms with Crippen molar-refractivity contribution in [3.05, 3.63) is 96.9 Å². The van der Waals surface area contributed by atoms with E-state index in [-0.39, 0.29) is 18.0 Å². The summed E-state index contributed by atoms with van der Waals surface area (Å²) in [5, 5.41) is 13.5. The zero-order valence-electron chi connectivity index (χ0n) is 21.7. The van der Waals surface area contributed by atoms with Crippen molar-refractivity contribution < 1.29 is 24.2 Å². The third-order valence-electron chi connectivity index (χ3n) is 7.13. The van der Waals surface area contributed by atoms with Gasteiger partial charge in [-0.05, 0) is 66.2 Å². The van der Waals surface area contributed by atoms with Crippen molar-refractivity contribution in [2.45, 2.75) is 22.7 Å². The van der Waals surface area contributed by atoms with E-state index in [9.17, 15) is 24.3 Å². The Morgan fingerprint density at radius 3 is 2.31 bits per heavy atom. The molecule has 2 N–H and O–H groups in total. The zero-order chi connectivity index (χ0) is 29.7. The number of fused-ring (bicyclic) bond motifs is 2. The van der Waals surface area contributed by atoms with Crippen LogP contribution in [0.25, 0.3) is 0 Å². The highest BCUT2D eigenvalue weighted by Gasteiger charge is 2.57. The number of imide groups is 1. The number of hydrogen-bond acceptors (Lipinski definition) is 8. The molecule has 13 heteroatoms. The first-order valence-corrected chi connectivity index (χ1v) is 15.1. The first-order valence-electron chi connectivity index (χ1n) is 12.6. The maximum Gasteiger partial charge on any atom is 0.308 e. The standard InChI is InChI=1S/C29H21Cl2N3O6S2/c1-40-20-12-14(2-11-19(20)35)22-23-24(27(38)34(26(23)37)18-9-5-16(31)6-10-18)41-28-25(22)42-29(39)33(28)13-21(36)32-17-7-3-15(30)4-8-17/h2-12,22-24,35H,13H2,1H3,(H,32,36)/t22-,23+,24-/m0/s1. The van der Waals surface area contributed by atoms with Crippen molar-refractivity contribution in [2.75, 3.05) is 17.3 Å². The van der Waals surface area contributed by atoms with Crippen molar-refractivity contribution in [1.82, 2.24) is 4.57 Å². The molecule has 6 rings (SSSR count). The van der Waals surface area contributed by atoms with Crippen LogP contribution in [-0.2, 0) is 20.9 Å². The minimum Gasteiger partial charge on any atom is -0.504 e. The van der Waals surface area contributed by atoms with E-state index in [0.717, 1.165) is 28.0 Å². The van der Waals surface area contributed by atoms with Crippen LogP contribution in [-0.4, -0.2) is 39.8 Å². The Bertz CT molecular complexity index is 1790. The van der Waals surface area contributed by atoms with Gasteiger partial charge in [0.25, 0.3) is 0 Å². The number of nitrogens with zero attached hydrogens (tertiary/aromatic N) is 2. The van der Waals surface area contributed by atoms with Crippen molar-refractivity contribution >= 4 is 75.4 Å². The first-order chi connectivity index (χ1) is 20.2. The molecule has 1 saturated heterocycles. The molecule has 2 aliphatic heterocycles. The van der Waals surface area contributed by atoms with Gasteiger partial charge < -0.3 is 15.2 Å². The molecule has 2 aliphatic rings. The van der Waals surface area contributed by atoms with E-state index in [1.165, 1.54) is 17.7 Å². The van der Waals surface area contributed by atoms with E-state index in [2.05, 4.69) is 5.32 Å². The van der Waals surface area contributed by atoms with Gasteiger partial charge in [-0.25, -0.2) is 4.90 Å². The summed E-state index contributed by atoms with van der Waals surface area (Å²) in [5.74, 6) is -2.78. The average Bonchev–Trinajstić information content (AvgIpc) is 3.41. The number of thiazole rings is 1. The van der Waals surface area contributed by atoms with E-state index < -0.39 is 39.7 Å². The molecule has 214 valence electrons. The van der Waals surface area contributed by atoms with E-state index >= 15 is 0 Å². The zero-order valence-corrected chi connectivity index (χ0v) is 24.9. The predicted octanol–water partition coefficient (Wildman–Crippen LogP) is 5.37. The second-order valence-corrected chi connectivity index (χ2v) is 12.6. The van der Waals surface area contributed by atoms with Gasteiger partial charge in [0.15, 0.2) is 11.5 Å². The highest BCUT2D eigenvalue weighted by atomic mass is 35.5. The second kappa shape index (κ2) is 11.1. The number of carbonyl (C=O) groups is 3. The number of nitrogens with one attached hydrogen (secondary N) is 1. The number of halogens is 2. The van der Waals surface area contributed by atoms with Crippen LogP contribution in [0.2, 0.25) is 10.0 Å². The lowest BCUT2D eigenvalue weighted by Crippen LogP contribution is -2.33. The molecule has 0 saturated carbocycles. The molecule has 4 aromatic rings. The molecule has 42 heavy (non-hydrogen) atoms. The number of phenolic OH excluding ortho intramolecular Hbond substituents is 1. The van der Waals surface area contributed by atoms with Crippen LogP contribution in [0.3, 0.4) is 0 Å². The third-order valence-corrected chi connectivity index (χ3v) is 10.2. The summed E-state index contributed by atoms with van der Waals surface area (Å²) in [6.45, 7) is -0.299. The SMILES string of the molecule is COc1cc([C@@H]2c3sc(=O)n(CC(=O)Nc4ccc(Cl)cc4)c3S[C@@H]3C(=O)N(c4ccc(Cl)cc4)C(=O)[C@H]23)ccc1O. The lowest BCUT2D eigenvalue weighted by atomic mass is 9.83. The van der Waals surface area contributed by atoms with Crippen LogP contribution in [0.15, 0.2) is 76.6 Å². The molecule has 1 fully saturated rings. The highest BCUT2D eigenvalue weighted by Crippen LogP contribution is 2.54. The van der Waals surface area contributed by atoms with Crippen molar-refractivity contribution in [3.8, 4) is 11.5 Å². The van der Waals surface area contributed by atoms with E-state index in [1.54, 1.807) is 60.7 Å². The fourth-order valence-corrected chi connectivity index (χ4v) is 8.25. The van der Waals surface area contributed by atoms with Gasteiger partial charge >= 0.3 is 4.87 Å². The Hall–Kier alpha value is -3.77. The van der Waals surface area contributed by atoms with Crippen LogP contribution >= 0.6 is 46.3 Å². The lowest BCUT2D eigenvalue weighted by Gasteiger charge is -2.31. The number of anilines is 2. The summed E-state index contributed by atoms with van der Waals surface area (Å²) in [6.07, 6.45) is 0. The maximum atomic E-state index is 14.0. The number of aromatic nitrogens is 1. The van der Waals surface area contributed by atoms with E-state index in [0.29, 0.717) is 36.9 Å². The van der Waals surface area contributed by atoms with Crippen LogP contribution < -0.4 is 19.8 Å². The summed E-state index contributed by atoms with van der Waals surface area (Å²) in [7, 11) is 1.41. The van der Waals surface area contributed by atoms with Gasteiger partial charge in [0.2, 0.25) is 17.7 Å². The molecule has 0 radical (unpaired) electrons. The molecule has 3 heterocycles. The Balaban J connectivity index is 1.43. The fraction of sp³-hybridized carbons (Fsp3) is 0.172. The van der Waals surface area contributed by atoms with Gasteiger partial charge in [-0.1, -0.05) is 52.4 Å². The van der Waals surface area contributed by atoms with Crippen LogP contribution in [0.1, 0.15) is 16.4 Å². The number of rotatable bonds is 6. The normalized spacial score (nSPS) is 19.4. The predicted molar refractivity (Wildman–Crippen MR) is 162 cm³/mol. The lowest BCUT2D eigenvalue weighted by molar-refractivity contribution is -0.122. The Morgan fingerprint density at radius 1 is 0.976 bits per heavy atom. The molecule has 0 spiro atoms. The maximum absolute atomic E-state index is 14.0. The molecular formula is C29H21Cl2N3O6S2. The summed E-state index contributed by atoms with van der Waals surface area (Å²) >= 11 is 14.0. The van der Waals surface area contributed by atoms with E-state index in [4.69, 9.17) is 27.9 Å². The number of ether oxygens (including phenoxy) is 1.